The third kappa shape index (κ3) is 17.2. The topological polar surface area (TPSA) is 163 Å². The van der Waals surface area contributed by atoms with Crippen molar-refractivity contribution in [2.75, 3.05) is 19.0 Å². The maximum absolute atomic E-state index is 11.6. The van der Waals surface area contributed by atoms with Crippen LogP contribution >= 0.6 is 27.0 Å². The first kappa shape index (κ1) is 32.2. The van der Waals surface area contributed by atoms with Crippen molar-refractivity contribution in [1.29, 1.82) is 0 Å². The van der Waals surface area contributed by atoms with Crippen LogP contribution in [0.1, 0.15) is 6.42 Å². The Hall–Kier alpha value is 2.56. The number of pyridine rings is 1. The average Bonchev–Trinajstić information content (AvgIpc) is 2.36. The number of thioether (sulfide) groups is 1. The molecule has 0 aliphatic carbocycles. The van der Waals surface area contributed by atoms with Gasteiger partial charge in [-0.05, 0) is 18.6 Å². The Morgan fingerprint density at radius 1 is 1.20 bits per heavy atom. The zero-order valence-corrected chi connectivity index (χ0v) is 23.0. The summed E-state index contributed by atoms with van der Waals surface area (Å²) in [4.78, 5) is 40.8. The summed E-state index contributed by atoms with van der Waals surface area (Å²) in [6.07, 6.45) is -0.0707. The van der Waals surface area contributed by atoms with E-state index in [1.165, 1.54) is 18.3 Å². The van der Waals surface area contributed by atoms with Crippen molar-refractivity contribution in [3.05, 3.63) is 29.6 Å². The third-order valence-corrected chi connectivity index (χ3v) is 5.21. The molecular weight excluding hydrogens is 423 g/mol. The van der Waals surface area contributed by atoms with Crippen LogP contribution in [-0.2, 0) is 9.13 Å². The smallest absolute Gasteiger partial charge is 0.811 e. The number of hydrogen-bond acceptors (Lipinski definition) is 8. The summed E-state index contributed by atoms with van der Waals surface area (Å²) in [7, 11) is -9.17. The molecule has 0 saturated heterocycles. The summed E-state index contributed by atoms with van der Waals surface area (Å²) >= 11 is 1.02. The number of hydrogen-bond donors (Lipinski definition) is 2. The molecule has 1 aromatic rings. The average molecular weight is 438 g/mol. The maximum Gasteiger partial charge on any atom is 1.00 e. The quantitative estimate of drug-likeness (QED) is 0.125. The first-order chi connectivity index (χ1) is 10.1. The minimum absolute atomic E-state index is 0. The Balaban J connectivity index is -0.00000161. The second-order valence-electron chi connectivity index (χ2n) is 4.48. The number of nitrogens with one attached hydrogen (secondary N) is 1. The Labute approximate surface area is 216 Å². The molecule has 0 bridgehead atoms. The maximum atomic E-state index is 11.6. The third-order valence-electron chi connectivity index (χ3n) is 2.48. The molecule has 9 nitrogen and oxygen atoms in total. The van der Waals surface area contributed by atoms with Crippen molar-refractivity contribution in [1.82, 2.24) is 5.32 Å². The van der Waals surface area contributed by atoms with Gasteiger partial charge in [0.15, 0.2) is 6.20 Å². The van der Waals surface area contributed by atoms with Crippen molar-refractivity contribution >= 4 is 27.0 Å². The predicted molar refractivity (Wildman–Crippen MR) is 74.8 cm³/mol. The van der Waals surface area contributed by atoms with E-state index in [-0.39, 0.29) is 107 Å². The first-order valence-corrected chi connectivity index (χ1v) is 10.5. The Morgan fingerprint density at radius 3 is 2.28 bits per heavy atom. The van der Waals surface area contributed by atoms with Crippen molar-refractivity contribution in [2.45, 2.75) is 16.7 Å². The molecule has 0 aromatic carbocycles. The number of rotatable bonds is 9. The van der Waals surface area contributed by atoms with Gasteiger partial charge in [-0.3, -0.25) is 0 Å². The van der Waals surface area contributed by atoms with Gasteiger partial charge < -0.3 is 39.2 Å². The van der Waals surface area contributed by atoms with Crippen LogP contribution in [0.2, 0.25) is 0 Å². The van der Waals surface area contributed by atoms with E-state index in [1.807, 2.05) is 0 Å². The van der Waals surface area contributed by atoms with Crippen LogP contribution < -0.4 is 113 Å². The molecule has 0 amide bonds. The van der Waals surface area contributed by atoms with Crippen LogP contribution in [0.15, 0.2) is 29.4 Å². The van der Waals surface area contributed by atoms with E-state index in [0.29, 0.717) is 4.73 Å². The standard InChI is InChI=1S/C10H18N2O7P2S.3Na/c13-12-5-2-1-3-10(12)22-9(4-6-20(14,15)16)7-11-8-21(17,18)19;;;/h1-3,5,9,11H,4,6-8H2,(H2,14,15,16)(H2,17,18,19);;;/q;3*+1/p-3. The summed E-state index contributed by atoms with van der Waals surface area (Å²) in [6, 6.07) is 4.66. The largest absolute Gasteiger partial charge is 1.00 e. The Morgan fingerprint density at radius 2 is 1.80 bits per heavy atom. The summed E-state index contributed by atoms with van der Waals surface area (Å²) in [5.41, 5.74) is 0. The minimum Gasteiger partial charge on any atom is -0.811 e. The normalized spacial score (nSPS) is 14.2. The van der Waals surface area contributed by atoms with Crippen LogP contribution in [-0.4, -0.2) is 29.1 Å². The zero-order chi connectivity index (χ0) is 16.8. The van der Waals surface area contributed by atoms with Crippen LogP contribution in [0.25, 0.3) is 0 Å². The van der Waals surface area contributed by atoms with Gasteiger partial charge in [-0.2, -0.15) is 4.73 Å². The van der Waals surface area contributed by atoms with E-state index in [0.717, 1.165) is 11.8 Å². The van der Waals surface area contributed by atoms with Crippen molar-refractivity contribution in [3.8, 4) is 0 Å². The number of nitrogens with zero attached hydrogens (tertiary/aromatic N) is 1. The molecule has 0 radical (unpaired) electrons. The Bertz CT molecular complexity index is 589. The molecule has 126 valence electrons. The van der Waals surface area contributed by atoms with E-state index in [2.05, 4.69) is 5.32 Å². The van der Waals surface area contributed by atoms with E-state index >= 15 is 0 Å². The molecule has 2 atom stereocenters. The van der Waals surface area contributed by atoms with Crippen LogP contribution in [0, 0.1) is 5.21 Å². The van der Waals surface area contributed by atoms with E-state index in [4.69, 9.17) is 4.89 Å². The van der Waals surface area contributed by atoms with Crippen molar-refractivity contribution in [2.24, 2.45) is 0 Å². The summed E-state index contributed by atoms with van der Waals surface area (Å²) in [5.74, 6) is 0. The van der Waals surface area contributed by atoms with Gasteiger partial charge in [-0.1, -0.05) is 19.4 Å². The molecule has 0 saturated carbocycles. The van der Waals surface area contributed by atoms with Gasteiger partial charge in [-0.15, -0.1) is 0 Å². The fourth-order valence-electron chi connectivity index (χ4n) is 1.55. The molecule has 15 heteroatoms. The monoisotopic (exact) mass is 438 g/mol. The molecule has 2 unspecified atom stereocenters. The van der Waals surface area contributed by atoms with Gasteiger partial charge in [0, 0.05) is 23.9 Å². The van der Waals surface area contributed by atoms with Crippen LogP contribution in [0.5, 0.6) is 0 Å². The molecule has 25 heavy (non-hydrogen) atoms. The fourth-order valence-corrected chi connectivity index (χ4v) is 3.86. The molecule has 0 aliphatic rings. The molecule has 0 fully saturated rings. The second-order valence-corrected chi connectivity index (χ2v) is 9.06. The minimum atomic E-state index is -4.69. The molecular formula is C10H15N2Na3O7P2S. The zero-order valence-electron chi connectivity index (χ0n) is 14.4. The van der Waals surface area contributed by atoms with Gasteiger partial charge in [-0.25, -0.2) is 0 Å². The molecule has 1 rings (SSSR count). The predicted octanol–water partition coefficient (Wildman–Crippen LogP) is -10.8. The fraction of sp³-hybridized carbons (Fsp3) is 0.500. The molecule has 1 aromatic heterocycles. The SMILES string of the molecule is O=P([O-])([O-])CCC(CNCP(=O)([O-])O)Sc1cccc[n+]1[O-].[Na+].[Na+].[Na+]. The molecule has 2 N–H and O–H groups in total. The van der Waals surface area contributed by atoms with Crippen molar-refractivity contribution in [3.63, 3.8) is 0 Å². The van der Waals surface area contributed by atoms with E-state index in [9.17, 15) is 29.0 Å². The van der Waals surface area contributed by atoms with E-state index < -0.39 is 32.9 Å². The Kier molecular flexibility index (Phi) is 19.9. The first-order valence-electron chi connectivity index (χ1n) is 6.16. The summed E-state index contributed by atoms with van der Waals surface area (Å²) in [6.45, 7) is 0.00630. The van der Waals surface area contributed by atoms with Gasteiger partial charge in [0.25, 0.3) is 5.03 Å². The summed E-state index contributed by atoms with van der Waals surface area (Å²) < 4.78 is 22.0. The summed E-state index contributed by atoms with van der Waals surface area (Å²) in [5, 5.41) is 13.8. The molecule has 0 aliphatic heterocycles. The van der Waals surface area contributed by atoms with Gasteiger partial charge >= 0.3 is 88.7 Å². The molecule has 0 spiro atoms. The van der Waals surface area contributed by atoms with Gasteiger partial charge in [0.2, 0.25) is 0 Å². The van der Waals surface area contributed by atoms with Gasteiger partial charge in [0.1, 0.15) is 7.60 Å². The van der Waals surface area contributed by atoms with Crippen LogP contribution in [0.4, 0.5) is 0 Å². The molecule has 1 heterocycles. The number of aromatic nitrogens is 1. The second kappa shape index (κ2) is 15.4. The van der Waals surface area contributed by atoms with Gasteiger partial charge in [0.05, 0.1) is 6.29 Å². The van der Waals surface area contributed by atoms with Crippen LogP contribution in [0.3, 0.4) is 0 Å². The van der Waals surface area contributed by atoms with E-state index in [1.54, 1.807) is 6.07 Å². The van der Waals surface area contributed by atoms with Crippen molar-refractivity contribution < 1.29 is 122 Å².